The Balaban J connectivity index is 3.91. The molecule has 0 spiro atoms. The van der Waals surface area contributed by atoms with Crippen LogP contribution in [0.4, 0.5) is 0 Å². The number of rotatable bonds is 16. The molecular weight excluding hydrogens is 285 g/mol. The lowest BCUT2D eigenvalue weighted by molar-refractivity contribution is 0.237. The number of unbranched alkanes of at least 4 members (excludes halogenated alkanes) is 6. The highest BCUT2D eigenvalue weighted by Crippen LogP contribution is 2.17. The van der Waals surface area contributed by atoms with Gasteiger partial charge in [0.25, 0.3) is 0 Å². The van der Waals surface area contributed by atoms with E-state index in [4.69, 9.17) is 7.85 Å². The van der Waals surface area contributed by atoms with Gasteiger partial charge in [0.15, 0.2) is 0 Å². The highest BCUT2D eigenvalue weighted by molar-refractivity contribution is 7.80. The zero-order valence-corrected chi connectivity index (χ0v) is 16.4. The van der Waals surface area contributed by atoms with Crippen LogP contribution in [-0.4, -0.2) is 38.1 Å². The van der Waals surface area contributed by atoms with E-state index >= 15 is 0 Å². The van der Waals surface area contributed by atoms with Gasteiger partial charge in [-0.2, -0.15) is 12.6 Å². The maximum atomic E-state index is 6.34. The van der Waals surface area contributed by atoms with E-state index in [-0.39, 0.29) is 0 Å². The third kappa shape index (κ3) is 14.0. The average Bonchev–Trinajstić information content (AvgIpc) is 2.48. The Hall–Kier alpha value is 0.375. The Morgan fingerprint density at radius 1 is 0.864 bits per heavy atom. The summed E-state index contributed by atoms with van der Waals surface area (Å²) in [6.07, 6.45) is 13.3. The minimum absolute atomic E-state index is 0.337. The van der Waals surface area contributed by atoms with Gasteiger partial charge < -0.3 is 4.90 Å². The zero-order valence-electron chi connectivity index (χ0n) is 15.5. The lowest BCUT2D eigenvalue weighted by Crippen LogP contribution is -2.33. The van der Waals surface area contributed by atoms with Crippen molar-refractivity contribution in [2.45, 2.75) is 90.8 Å². The van der Waals surface area contributed by atoms with Gasteiger partial charge >= 0.3 is 0 Å². The summed E-state index contributed by atoms with van der Waals surface area (Å²) in [4.78, 5) is 2.54. The first-order valence-corrected chi connectivity index (χ1v) is 10.4. The van der Waals surface area contributed by atoms with Gasteiger partial charge in [-0.15, -0.1) is 0 Å². The van der Waals surface area contributed by atoms with E-state index in [1.165, 1.54) is 70.8 Å². The summed E-state index contributed by atoms with van der Waals surface area (Å²) in [7, 11) is 6.34. The molecule has 0 bridgehead atoms. The number of hydrogen-bond acceptors (Lipinski definition) is 2. The molecule has 0 aromatic carbocycles. The van der Waals surface area contributed by atoms with E-state index in [1.54, 1.807) is 0 Å². The molecule has 2 unspecified atom stereocenters. The highest BCUT2D eigenvalue weighted by Gasteiger charge is 2.13. The summed E-state index contributed by atoms with van der Waals surface area (Å²) in [5.74, 6) is 2.05. The lowest BCUT2D eigenvalue weighted by atomic mass is 9.82. The van der Waals surface area contributed by atoms with E-state index in [9.17, 15) is 0 Å². The van der Waals surface area contributed by atoms with Crippen LogP contribution in [0, 0.1) is 5.92 Å². The molecule has 0 aromatic rings. The summed E-state index contributed by atoms with van der Waals surface area (Å²) >= 11 is 4.42. The SMILES string of the molecule is [B]C(CCCCCC)CN(CCS)CC(C)CCCCCC. The molecule has 0 aliphatic carbocycles. The first-order valence-electron chi connectivity index (χ1n) is 9.72. The maximum absolute atomic E-state index is 6.34. The van der Waals surface area contributed by atoms with Crippen molar-refractivity contribution in [3.8, 4) is 0 Å². The Labute approximate surface area is 147 Å². The predicted molar refractivity (Wildman–Crippen MR) is 106 cm³/mol. The summed E-state index contributed by atoms with van der Waals surface area (Å²) < 4.78 is 0. The topological polar surface area (TPSA) is 3.24 Å². The second-order valence-electron chi connectivity index (χ2n) is 7.05. The van der Waals surface area contributed by atoms with Crippen molar-refractivity contribution in [1.82, 2.24) is 4.90 Å². The minimum Gasteiger partial charge on any atom is -0.303 e. The molecule has 0 saturated heterocycles. The van der Waals surface area contributed by atoms with E-state index in [0.717, 1.165) is 24.8 Å². The number of hydrogen-bond donors (Lipinski definition) is 1. The van der Waals surface area contributed by atoms with Crippen LogP contribution in [0.25, 0.3) is 0 Å². The molecule has 0 aliphatic heterocycles. The summed E-state index contributed by atoms with van der Waals surface area (Å²) in [6.45, 7) is 10.2. The molecule has 2 atom stereocenters. The molecule has 0 aromatic heterocycles. The van der Waals surface area contributed by atoms with Gasteiger partial charge in [-0.05, 0) is 18.9 Å². The molecule has 0 N–H and O–H groups in total. The second-order valence-corrected chi connectivity index (χ2v) is 7.49. The Morgan fingerprint density at radius 2 is 1.45 bits per heavy atom. The van der Waals surface area contributed by atoms with Crippen molar-refractivity contribution in [2.75, 3.05) is 25.4 Å². The van der Waals surface area contributed by atoms with Crippen molar-refractivity contribution in [3.05, 3.63) is 0 Å². The highest BCUT2D eigenvalue weighted by atomic mass is 32.1. The summed E-state index contributed by atoms with van der Waals surface area (Å²) in [5.41, 5.74) is 0. The van der Waals surface area contributed by atoms with E-state index in [1.807, 2.05) is 0 Å². The number of nitrogens with zero attached hydrogens (tertiary/aromatic N) is 1. The molecule has 22 heavy (non-hydrogen) atoms. The molecule has 0 saturated carbocycles. The van der Waals surface area contributed by atoms with Crippen LogP contribution >= 0.6 is 12.6 Å². The van der Waals surface area contributed by atoms with Crippen molar-refractivity contribution in [1.29, 1.82) is 0 Å². The average molecular weight is 325 g/mol. The fourth-order valence-corrected chi connectivity index (χ4v) is 3.39. The monoisotopic (exact) mass is 325 g/mol. The van der Waals surface area contributed by atoms with Gasteiger partial charge in [0.1, 0.15) is 0 Å². The van der Waals surface area contributed by atoms with Crippen molar-refractivity contribution < 1.29 is 0 Å². The fourth-order valence-electron chi connectivity index (χ4n) is 3.11. The maximum Gasteiger partial charge on any atom is 0.0716 e. The molecule has 0 rings (SSSR count). The molecule has 0 aliphatic rings. The minimum atomic E-state index is 0.337. The predicted octanol–water partition coefficient (Wildman–Crippen LogP) is 5.75. The molecule has 1 nitrogen and oxygen atoms in total. The van der Waals surface area contributed by atoms with Gasteiger partial charge in [0, 0.05) is 18.8 Å². The van der Waals surface area contributed by atoms with Crippen LogP contribution < -0.4 is 0 Å². The first-order chi connectivity index (χ1) is 10.6. The quantitative estimate of drug-likeness (QED) is 0.215. The smallest absolute Gasteiger partial charge is 0.0716 e. The van der Waals surface area contributed by atoms with Crippen LogP contribution in [0.1, 0.15) is 85.0 Å². The molecule has 0 fully saturated rings. The second kappa shape index (κ2) is 16.2. The van der Waals surface area contributed by atoms with E-state index < -0.39 is 0 Å². The van der Waals surface area contributed by atoms with E-state index in [2.05, 4.69) is 38.3 Å². The third-order valence-corrected chi connectivity index (χ3v) is 4.66. The van der Waals surface area contributed by atoms with Crippen molar-refractivity contribution in [3.63, 3.8) is 0 Å². The largest absolute Gasteiger partial charge is 0.303 e. The van der Waals surface area contributed by atoms with Crippen LogP contribution in [0.3, 0.4) is 0 Å². The standard InChI is InChI=1S/C19H40BNS/c1-4-6-8-10-12-18(3)16-21(14-15-22)17-19(20)13-11-9-7-5-2/h18-19,22H,4-17H2,1-3H3. The van der Waals surface area contributed by atoms with Crippen LogP contribution in [0.5, 0.6) is 0 Å². The van der Waals surface area contributed by atoms with Gasteiger partial charge in [-0.3, -0.25) is 0 Å². The Kier molecular flexibility index (Phi) is 16.5. The normalized spacial score (nSPS) is 14.4. The van der Waals surface area contributed by atoms with Crippen LogP contribution in [-0.2, 0) is 0 Å². The number of thiol groups is 1. The van der Waals surface area contributed by atoms with Gasteiger partial charge in [-0.25, -0.2) is 0 Å². The van der Waals surface area contributed by atoms with Crippen molar-refractivity contribution >= 4 is 20.5 Å². The van der Waals surface area contributed by atoms with Gasteiger partial charge in [0.05, 0.1) is 7.85 Å². The van der Waals surface area contributed by atoms with E-state index in [0.29, 0.717) is 5.82 Å². The Morgan fingerprint density at radius 3 is 2.00 bits per heavy atom. The molecule has 0 amide bonds. The Bertz CT molecular complexity index is 205. The summed E-state index contributed by atoms with van der Waals surface area (Å²) in [5, 5.41) is 0. The van der Waals surface area contributed by atoms with Gasteiger partial charge in [0.2, 0.25) is 0 Å². The molecule has 130 valence electrons. The summed E-state index contributed by atoms with van der Waals surface area (Å²) in [6, 6.07) is 0. The molecule has 3 heteroatoms. The lowest BCUT2D eigenvalue weighted by Gasteiger charge is -2.28. The molecule has 0 heterocycles. The van der Waals surface area contributed by atoms with Gasteiger partial charge in [-0.1, -0.05) is 84.4 Å². The first kappa shape index (κ1) is 22.4. The van der Waals surface area contributed by atoms with Crippen molar-refractivity contribution in [2.24, 2.45) is 5.92 Å². The van der Waals surface area contributed by atoms with Crippen LogP contribution in [0.15, 0.2) is 0 Å². The van der Waals surface area contributed by atoms with Crippen LogP contribution in [0.2, 0.25) is 5.82 Å². The zero-order chi connectivity index (χ0) is 16.6. The third-order valence-electron chi connectivity index (χ3n) is 4.46. The molecular formula is C19H40BNS. The molecule has 2 radical (unpaired) electrons. The fraction of sp³-hybridized carbons (Fsp3) is 1.00.